The van der Waals surface area contributed by atoms with Crippen molar-refractivity contribution in [2.75, 3.05) is 5.32 Å². The zero-order valence-electron chi connectivity index (χ0n) is 14.7. The minimum atomic E-state index is -0.293. The third-order valence-electron chi connectivity index (χ3n) is 4.41. The van der Waals surface area contributed by atoms with Gasteiger partial charge in [-0.1, -0.05) is 41.9 Å². The lowest BCUT2D eigenvalue weighted by molar-refractivity contribution is 0.628. The molecule has 5 heteroatoms. The van der Waals surface area contributed by atoms with E-state index in [4.69, 9.17) is 16.6 Å². The number of hydrogen-bond acceptors (Lipinski definition) is 3. The monoisotopic (exact) mass is 377 g/mol. The SMILES string of the molecule is CC(Nc1nc(-c2ccc(F)cc2)nc2cc(Cl)ccc12)c1ccccc1. The van der Waals surface area contributed by atoms with Gasteiger partial charge in [-0.25, -0.2) is 14.4 Å². The number of rotatable bonds is 4. The molecule has 134 valence electrons. The number of hydrogen-bond donors (Lipinski definition) is 1. The van der Waals surface area contributed by atoms with Gasteiger partial charge in [0.25, 0.3) is 0 Å². The molecule has 0 bridgehead atoms. The van der Waals surface area contributed by atoms with E-state index in [0.29, 0.717) is 16.7 Å². The quantitative estimate of drug-likeness (QED) is 0.456. The summed E-state index contributed by atoms with van der Waals surface area (Å²) >= 11 is 6.16. The molecule has 0 spiro atoms. The Kier molecular flexibility index (Phi) is 4.73. The van der Waals surface area contributed by atoms with Crippen molar-refractivity contribution in [1.82, 2.24) is 9.97 Å². The molecule has 0 radical (unpaired) electrons. The molecule has 1 aromatic heterocycles. The summed E-state index contributed by atoms with van der Waals surface area (Å²) in [5, 5.41) is 4.96. The van der Waals surface area contributed by atoms with Gasteiger partial charge >= 0.3 is 0 Å². The molecule has 0 saturated carbocycles. The van der Waals surface area contributed by atoms with E-state index < -0.39 is 0 Å². The van der Waals surface area contributed by atoms with Gasteiger partial charge in [0.1, 0.15) is 11.6 Å². The molecule has 3 aromatic carbocycles. The molecule has 0 amide bonds. The largest absolute Gasteiger partial charge is 0.363 e. The molecule has 1 unspecified atom stereocenters. The highest BCUT2D eigenvalue weighted by atomic mass is 35.5. The Morgan fingerprint density at radius 2 is 1.67 bits per heavy atom. The Balaban J connectivity index is 1.81. The van der Waals surface area contributed by atoms with Crippen LogP contribution in [0.2, 0.25) is 5.02 Å². The smallest absolute Gasteiger partial charge is 0.162 e. The third-order valence-corrected chi connectivity index (χ3v) is 4.65. The van der Waals surface area contributed by atoms with Gasteiger partial charge in [0, 0.05) is 22.0 Å². The van der Waals surface area contributed by atoms with Crippen LogP contribution in [0.4, 0.5) is 10.2 Å². The van der Waals surface area contributed by atoms with Crippen LogP contribution in [0.25, 0.3) is 22.3 Å². The first kappa shape index (κ1) is 17.4. The molecule has 1 N–H and O–H groups in total. The Morgan fingerprint density at radius 3 is 2.41 bits per heavy atom. The first-order valence-corrected chi connectivity index (χ1v) is 9.03. The summed E-state index contributed by atoms with van der Waals surface area (Å²) in [6.45, 7) is 2.08. The molecule has 1 atom stereocenters. The van der Waals surface area contributed by atoms with E-state index >= 15 is 0 Å². The summed E-state index contributed by atoms with van der Waals surface area (Å²) in [5.74, 6) is 0.943. The van der Waals surface area contributed by atoms with Crippen molar-refractivity contribution in [2.45, 2.75) is 13.0 Å². The molecule has 0 aliphatic carbocycles. The van der Waals surface area contributed by atoms with Crippen molar-refractivity contribution in [3.05, 3.63) is 89.2 Å². The van der Waals surface area contributed by atoms with Crippen molar-refractivity contribution in [3.63, 3.8) is 0 Å². The number of aromatic nitrogens is 2. The minimum Gasteiger partial charge on any atom is -0.363 e. The maximum Gasteiger partial charge on any atom is 0.162 e. The molecule has 4 aromatic rings. The number of nitrogens with zero attached hydrogens (tertiary/aromatic N) is 2. The Labute approximate surface area is 161 Å². The fourth-order valence-corrected chi connectivity index (χ4v) is 3.14. The standard InChI is InChI=1S/C22H17ClFN3/c1-14(15-5-3-2-4-6-15)25-22-19-12-9-17(23)13-20(19)26-21(27-22)16-7-10-18(24)11-8-16/h2-14H,1H3,(H,25,26,27). The van der Waals surface area contributed by atoms with Crippen molar-refractivity contribution in [3.8, 4) is 11.4 Å². The van der Waals surface area contributed by atoms with E-state index in [1.807, 2.05) is 36.4 Å². The van der Waals surface area contributed by atoms with Crippen LogP contribution in [0.5, 0.6) is 0 Å². The van der Waals surface area contributed by atoms with Gasteiger partial charge in [-0.05, 0) is 55.0 Å². The fourth-order valence-electron chi connectivity index (χ4n) is 2.97. The first-order chi connectivity index (χ1) is 13.1. The van der Waals surface area contributed by atoms with Crippen LogP contribution in [-0.4, -0.2) is 9.97 Å². The number of anilines is 1. The predicted octanol–water partition coefficient (Wildman–Crippen LogP) is 6.26. The second-order valence-corrected chi connectivity index (χ2v) is 6.78. The lowest BCUT2D eigenvalue weighted by Crippen LogP contribution is -2.09. The number of benzene rings is 3. The maximum absolute atomic E-state index is 13.3. The molecule has 27 heavy (non-hydrogen) atoms. The van der Waals surface area contributed by atoms with Crippen LogP contribution in [0.1, 0.15) is 18.5 Å². The lowest BCUT2D eigenvalue weighted by Gasteiger charge is -2.17. The molecule has 1 heterocycles. The van der Waals surface area contributed by atoms with Gasteiger partial charge in [-0.2, -0.15) is 0 Å². The normalized spacial score (nSPS) is 12.1. The van der Waals surface area contributed by atoms with Gasteiger partial charge in [0.05, 0.1) is 5.52 Å². The van der Waals surface area contributed by atoms with E-state index in [9.17, 15) is 4.39 Å². The third kappa shape index (κ3) is 3.76. The van der Waals surface area contributed by atoms with Gasteiger partial charge in [0.15, 0.2) is 5.82 Å². The molecule has 0 aliphatic heterocycles. The minimum absolute atomic E-state index is 0.0565. The van der Waals surface area contributed by atoms with Crippen LogP contribution in [0.3, 0.4) is 0 Å². The maximum atomic E-state index is 13.3. The van der Waals surface area contributed by atoms with Crippen molar-refractivity contribution >= 4 is 28.3 Å². The van der Waals surface area contributed by atoms with E-state index in [1.54, 1.807) is 12.1 Å². The predicted molar refractivity (Wildman–Crippen MR) is 108 cm³/mol. The van der Waals surface area contributed by atoms with Gasteiger partial charge < -0.3 is 5.32 Å². The van der Waals surface area contributed by atoms with Crippen molar-refractivity contribution in [1.29, 1.82) is 0 Å². The summed E-state index contributed by atoms with van der Waals surface area (Å²) < 4.78 is 13.3. The number of halogens is 2. The fraction of sp³-hybridized carbons (Fsp3) is 0.0909. The summed E-state index contributed by atoms with van der Waals surface area (Å²) in [6, 6.07) is 21.9. The molecular formula is C22H17ClFN3. The average molecular weight is 378 g/mol. The summed E-state index contributed by atoms with van der Waals surface area (Å²) in [4.78, 5) is 9.33. The molecule has 4 rings (SSSR count). The van der Waals surface area contributed by atoms with Gasteiger partial charge in [0.2, 0.25) is 0 Å². The van der Waals surface area contributed by atoms with E-state index in [2.05, 4.69) is 29.4 Å². The highest BCUT2D eigenvalue weighted by Gasteiger charge is 2.13. The van der Waals surface area contributed by atoms with E-state index in [1.165, 1.54) is 12.1 Å². The van der Waals surface area contributed by atoms with E-state index in [0.717, 1.165) is 22.0 Å². The Morgan fingerprint density at radius 1 is 0.926 bits per heavy atom. The zero-order chi connectivity index (χ0) is 18.8. The van der Waals surface area contributed by atoms with Crippen LogP contribution < -0.4 is 5.32 Å². The molecule has 0 saturated heterocycles. The van der Waals surface area contributed by atoms with Crippen LogP contribution in [0.15, 0.2) is 72.8 Å². The van der Waals surface area contributed by atoms with E-state index in [-0.39, 0.29) is 11.9 Å². The number of fused-ring (bicyclic) bond motifs is 1. The van der Waals surface area contributed by atoms with Crippen LogP contribution in [0, 0.1) is 5.82 Å². The highest BCUT2D eigenvalue weighted by Crippen LogP contribution is 2.29. The second kappa shape index (κ2) is 7.33. The topological polar surface area (TPSA) is 37.8 Å². The zero-order valence-corrected chi connectivity index (χ0v) is 15.4. The van der Waals surface area contributed by atoms with Crippen LogP contribution in [-0.2, 0) is 0 Å². The lowest BCUT2D eigenvalue weighted by atomic mass is 10.1. The first-order valence-electron chi connectivity index (χ1n) is 8.65. The molecule has 0 aliphatic rings. The Hall–Kier alpha value is -2.98. The van der Waals surface area contributed by atoms with Crippen molar-refractivity contribution in [2.24, 2.45) is 0 Å². The number of nitrogens with one attached hydrogen (secondary N) is 1. The molecule has 3 nitrogen and oxygen atoms in total. The summed E-state index contributed by atoms with van der Waals surface area (Å²) in [5.41, 5.74) is 2.63. The average Bonchev–Trinajstić information content (AvgIpc) is 2.68. The molecular weight excluding hydrogens is 361 g/mol. The second-order valence-electron chi connectivity index (χ2n) is 6.34. The van der Waals surface area contributed by atoms with Gasteiger partial charge in [-0.3, -0.25) is 0 Å². The summed E-state index contributed by atoms with van der Waals surface area (Å²) in [7, 11) is 0. The molecule has 0 fully saturated rings. The van der Waals surface area contributed by atoms with Crippen LogP contribution >= 0.6 is 11.6 Å². The summed E-state index contributed by atoms with van der Waals surface area (Å²) in [6.07, 6.45) is 0. The highest BCUT2D eigenvalue weighted by molar-refractivity contribution is 6.31. The van der Waals surface area contributed by atoms with Gasteiger partial charge in [-0.15, -0.1) is 0 Å². The van der Waals surface area contributed by atoms with Crippen molar-refractivity contribution < 1.29 is 4.39 Å². The Bertz CT molecular complexity index is 1080.